The lowest BCUT2D eigenvalue weighted by Crippen LogP contribution is -2.18. The molecule has 0 saturated heterocycles. The van der Waals surface area contributed by atoms with Gasteiger partial charge < -0.3 is 11.1 Å². The normalized spacial score (nSPS) is 10.4. The number of nitrogens with one attached hydrogen (secondary N) is 1. The number of nitrogen functional groups attached to an aromatic ring is 1. The molecule has 0 atom stereocenters. The number of nitrogens with two attached hydrogens (primary N) is 1. The molecule has 2 aromatic carbocycles. The summed E-state index contributed by atoms with van der Waals surface area (Å²) in [6.45, 7) is 0. The Kier molecular flexibility index (Phi) is 3.49. The van der Waals surface area contributed by atoms with Gasteiger partial charge in [0.1, 0.15) is 5.69 Å². The molecule has 0 radical (unpaired) electrons. The summed E-state index contributed by atoms with van der Waals surface area (Å²) in [5.41, 5.74) is 7.73. The van der Waals surface area contributed by atoms with Crippen LogP contribution in [0.4, 0.5) is 11.4 Å². The van der Waals surface area contributed by atoms with Crippen LogP contribution < -0.4 is 11.1 Å². The summed E-state index contributed by atoms with van der Waals surface area (Å²) >= 11 is 0. The molecule has 0 aliphatic heterocycles. The molecule has 0 aliphatic rings. The number of nitrogens with zero attached hydrogens (tertiary/aromatic N) is 2. The van der Waals surface area contributed by atoms with Gasteiger partial charge in [0.05, 0.1) is 22.4 Å². The van der Waals surface area contributed by atoms with Crippen molar-refractivity contribution in [3.05, 3.63) is 59.9 Å². The van der Waals surface area contributed by atoms with E-state index in [1.54, 1.807) is 48.5 Å². The minimum atomic E-state index is -0.529. The van der Waals surface area contributed by atoms with Crippen LogP contribution in [0, 0.1) is 0 Å². The number of carbonyl (C=O) groups excluding carboxylic acids is 2. The number of hydrogen-bond donors (Lipinski definition) is 2. The summed E-state index contributed by atoms with van der Waals surface area (Å²) in [5, 5.41) is 2.64. The van der Waals surface area contributed by atoms with Crippen molar-refractivity contribution in [2.45, 2.75) is 0 Å². The van der Waals surface area contributed by atoms with E-state index in [1.807, 2.05) is 0 Å². The fourth-order valence-corrected chi connectivity index (χ4v) is 2.06. The number of fused-ring (bicyclic) bond motifs is 1. The summed E-state index contributed by atoms with van der Waals surface area (Å²) in [6.07, 6.45) is 0.517. The lowest BCUT2D eigenvalue weighted by atomic mass is 10.2. The number of benzene rings is 2. The standard InChI is InChI=1S/C16H12N4O2/c17-10-5-1-2-6-11(10)20-16(22)15-14(9-21)18-12-7-3-4-8-13(12)19-15/h1-9H,17H2,(H,20,22). The third-order valence-corrected chi connectivity index (χ3v) is 3.13. The number of amides is 1. The Morgan fingerprint density at radius 2 is 1.64 bits per heavy atom. The van der Waals surface area contributed by atoms with E-state index in [2.05, 4.69) is 15.3 Å². The van der Waals surface area contributed by atoms with Crippen molar-refractivity contribution in [2.75, 3.05) is 11.1 Å². The third-order valence-electron chi connectivity index (χ3n) is 3.13. The van der Waals surface area contributed by atoms with Crippen LogP contribution in [0.15, 0.2) is 48.5 Å². The van der Waals surface area contributed by atoms with Crippen molar-refractivity contribution in [3.8, 4) is 0 Å². The van der Waals surface area contributed by atoms with Crippen molar-refractivity contribution < 1.29 is 9.59 Å². The highest BCUT2D eigenvalue weighted by Crippen LogP contribution is 2.19. The molecule has 6 nitrogen and oxygen atoms in total. The van der Waals surface area contributed by atoms with E-state index >= 15 is 0 Å². The van der Waals surface area contributed by atoms with E-state index in [1.165, 1.54) is 0 Å². The molecule has 3 aromatic rings. The number of carbonyl (C=O) groups is 2. The molecule has 0 bridgehead atoms. The molecular formula is C16H12N4O2. The van der Waals surface area contributed by atoms with E-state index in [-0.39, 0.29) is 11.4 Å². The van der Waals surface area contributed by atoms with Gasteiger partial charge in [0.25, 0.3) is 5.91 Å². The Morgan fingerprint density at radius 1 is 1.00 bits per heavy atom. The van der Waals surface area contributed by atoms with Gasteiger partial charge in [-0.25, -0.2) is 9.97 Å². The van der Waals surface area contributed by atoms with Crippen LogP contribution in [-0.2, 0) is 0 Å². The second-order valence-electron chi connectivity index (χ2n) is 4.61. The number of rotatable bonds is 3. The molecule has 0 fully saturated rings. The largest absolute Gasteiger partial charge is 0.397 e. The topological polar surface area (TPSA) is 98.0 Å². The van der Waals surface area contributed by atoms with Crippen LogP contribution >= 0.6 is 0 Å². The average Bonchev–Trinajstić information content (AvgIpc) is 2.55. The second kappa shape index (κ2) is 5.61. The molecule has 0 aliphatic carbocycles. The lowest BCUT2D eigenvalue weighted by Gasteiger charge is -2.09. The smallest absolute Gasteiger partial charge is 0.276 e. The fourth-order valence-electron chi connectivity index (χ4n) is 2.06. The zero-order valence-electron chi connectivity index (χ0n) is 11.5. The predicted molar refractivity (Wildman–Crippen MR) is 83.7 cm³/mol. The van der Waals surface area contributed by atoms with Gasteiger partial charge in [0.2, 0.25) is 0 Å². The highest BCUT2D eigenvalue weighted by Gasteiger charge is 2.16. The van der Waals surface area contributed by atoms with E-state index in [0.717, 1.165) is 0 Å². The predicted octanol–water partition coefficient (Wildman–Crippen LogP) is 2.28. The van der Waals surface area contributed by atoms with Gasteiger partial charge in [0.15, 0.2) is 12.0 Å². The quantitative estimate of drug-likeness (QED) is 0.570. The minimum absolute atomic E-state index is 0.00861. The van der Waals surface area contributed by atoms with Gasteiger partial charge in [-0.3, -0.25) is 9.59 Å². The molecular weight excluding hydrogens is 280 g/mol. The van der Waals surface area contributed by atoms with Crippen molar-refractivity contribution in [1.29, 1.82) is 0 Å². The molecule has 1 heterocycles. The minimum Gasteiger partial charge on any atom is -0.397 e. The molecule has 6 heteroatoms. The van der Waals surface area contributed by atoms with Crippen LogP contribution in [0.5, 0.6) is 0 Å². The van der Waals surface area contributed by atoms with E-state index < -0.39 is 5.91 Å². The molecule has 0 spiro atoms. The van der Waals surface area contributed by atoms with Crippen LogP contribution in [0.1, 0.15) is 21.0 Å². The van der Waals surface area contributed by atoms with Crippen LogP contribution in [0.25, 0.3) is 11.0 Å². The summed E-state index contributed by atoms with van der Waals surface area (Å²) in [4.78, 5) is 31.9. The van der Waals surface area contributed by atoms with Crippen LogP contribution in [0.3, 0.4) is 0 Å². The maximum atomic E-state index is 12.4. The Labute approximate surface area is 126 Å². The number of anilines is 2. The van der Waals surface area contributed by atoms with Gasteiger partial charge in [-0.05, 0) is 24.3 Å². The molecule has 0 unspecified atom stereocenters. The zero-order valence-corrected chi connectivity index (χ0v) is 11.5. The SMILES string of the molecule is Nc1ccccc1NC(=O)c1nc2ccccc2nc1C=O. The summed E-state index contributed by atoms with van der Waals surface area (Å²) in [6, 6.07) is 13.9. The Balaban J connectivity index is 2.03. The van der Waals surface area contributed by atoms with Crippen molar-refractivity contribution >= 4 is 34.6 Å². The second-order valence-corrected chi connectivity index (χ2v) is 4.61. The molecule has 0 saturated carbocycles. The van der Waals surface area contributed by atoms with E-state index in [4.69, 9.17) is 5.73 Å². The number of aldehydes is 1. The first-order valence-corrected chi connectivity index (χ1v) is 6.57. The van der Waals surface area contributed by atoms with Gasteiger partial charge in [0, 0.05) is 0 Å². The average molecular weight is 292 g/mol. The maximum absolute atomic E-state index is 12.4. The van der Waals surface area contributed by atoms with Crippen molar-refractivity contribution in [3.63, 3.8) is 0 Å². The van der Waals surface area contributed by atoms with Crippen molar-refractivity contribution in [2.24, 2.45) is 0 Å². The summed E-state index contributed by atoms with van der Waals surface area (Å²) in [5.74, 6) is -0.529. The fraction of sp³-hybridized carbons (Fsp3) is 0. The Hall–Kier alpha value is -3.28. The van der Waals surface area contributed by atoms with E-state index in [0.29, 0.717) is 28.7 Å². The lowest BCUT2D eigenvalue weighted by molar-refractivity contribution is 0.101. The first-order valence-electron chi connectivity index (χ1n) is 6.57. The monoisotopic (exact) mass is 292 g/mol. The van der Waals surface area contributed by atoms with Crippen LogP contribution in [0.2, 0.25) is 0 Å². The zero-order chi connectivity index (χ0) is 15.5. The first-order chi connectivity index (χ1) is 10.7. The summed E-state index contributed by atoms with van der Waals surface area (Å²) in [7, 11) is 0. The molecule has 3 rings (SSSR count). The number of hydrogen-bond acceptors (Lipinski definition) is 5. The highest BCUT2D eigenvalue weighted by atomic mass is 16.2. The Bertz CT molecular complexity index is 877. The van der Waals surface area contributed by atoms with Gasteiger partial charge in [-0.1, -0.05) is 24.3 Å². The highest BCUT2D eigenvalue weighted by molar-refractivity contribution is 6.08. The molecule has 3 N–H and O–H groups in total. The number of aromatic nitrogens is 2. The first kappa shape index (κ1) is 13.7. The van der Waals surface area contributed by atoms with E-state index in [9.17, 15) is 9.59 Å². The Morgan fingerprint density at radius 3 is 2.32 bits per heavy atom. The van der Waals surface area contributed by atoms with Gasteiger partial charge in [-0.15, -0.1) is 0 Å². The van der Waals surface area contributed by atoms with Crippen LogP contribution in [-0.4, -0.2) is 22.2 Å². The third kappa shape index (κ3) is 2.49. The summed E-state index contributed by atoms with van der Waals surface area (Å²) < 4.78 is 0. The number of para-hydroxylation sites is 4. The molecule has 22 heavy (non-hydrogen) atoms. The van der Waals surface area contributed by atoms with Gasteiger partial charge >= 0.3 is 0 Å². The maximum Gasteiger partial charge on any atom is 0.276 e. The van der Waals surface area contributed by atoms with Crippen molar-refractivity contribution in [1.82, 2.24) is 9.97 Å². The van der Waals surface area contributed by atoms with Gasteiger partial charge in [-0.2, -0.15) is 0 Å². The molecule has 108 valence electrons. The molecule has 1 aromatic heterocycles. The molecule has 1 amide bonds.